The molecule has 0 amide bonds. The van der Waals surface area contributed by atoms with Crippen LogP contribution in [0, 0.1) is 6.92 Å². The highest BCUT2D eigenvalue weighted by molar-refractivity contribution is 6.37. The Hall–Kier alpha value is -0.740. The number of rotatable bonds is 2. The maximum Gasteiger partial charge on any atom is 0.416 e. The number of hydrogen-bond donors (Lipinski definition) is 0. The van der Waals surface area contributed by atoms with Crippen LogP contribution in [0.1, 0.15) is 21.5 Å². The normalized spacial score (nSPS) is 11.6. The van der Waals surface area contributed by atoms with E-state index in [9.17, 15) is 18.0 Å². The molecular weight excluding hydrogens is 264 g/mol. The monoisotopic (exact) mass is 270 g/mol. The van der Waals surface area contributed by atoms with Gasteiger partial charge in [0.25, 0.3) is 0 Å². The molecular formula is C10H7Cl2F3O. The van der Waals surface area contributed by atoms with E-state index >= 15 is 0 Å². The summed E-state index contributed by atoms with van der Waals surface area (Å²) in [7, 11) is 0. The first kappa shape index (κ1) is 13.3. The molecule has 0 radical (unpaired) electrons. The van der Waals surface area contributed by atoms with E-state index in [4.69, 9.17) is 23.2 Å². The maximum atomic E-state index is 12.5. The van der Waals surface area contributed by atoms with Crippen LogP contribution in [0.2, 0.25) is 5.02 Å². The number of alkyl halides is 4. The van der Waals surface area contributed by atoms with Gasteiger partial charge in [-0.15, -0.1) is 11.6 Å². The Morgan fingerprint density at radius 3 is 2.38 bits per heavy atom. The van der Waals surface area contributed by atoms with Gasteiger partial charge in [-0.3, -0.25) is 4.79 Å². The molecule has 0 fully saturated rings. The zero-order valence-corrected chi connectivity index (χ0v) is 9.67. The highest BCUT2D eigenvalue weighted by atomic mass is 35.5. The van der Waals surface area contributed by atoms with Gasteiger partial charge in [-0.1, -0.05) is 11.6 Å². The number of Topliss-reactive ketones (excluding diaryl/α,β-unsaturated/α-hetero) is 1. The van der Waals surface area contributed by atoms with Crippen LogP contribution < -0.4 is 0 Å². The summed E-state index contributed by atoms with van der Waals surface area (Å²) in [6, 6.07) is 1.85. The van der Waals surface area contributed by atoms with E-state index in [-0.39, 0.29) is 22.0 Å². The second kappa shape index (κ2) is 4.63. The van der Waals surface area contributed by atoms with Crippen LogP contribution in [-0.4, -0.2) is 11.7 Å². The van der Waals surface area contributed by atoms with Gasteiger partial charge in [0.1, 0.15) is 0 Å². The van der Waals surface area contributed by atoms with E-state index in [0.29, 0.717) is 0 Å². The zero-order chi connectivity index (χ0) is 12.5. The third kappa shape index (κ3) is 2.68. The molecule has 0 saturated heterocycles. The van der Waals surface area contributed by atoms with Crippen LogP contribution >= 0.6 is 23.2 Å². The molecule has 0 spiro atoms. The van der Waals surface area contributed by atoms with E-state index in [1.54, 1.807) is 0 Å². The predicted octanol–water partition coefficient (Wildman–Crippen LogP) is 4.09. The van der Waals surface area contributed by atoms with Gasteiger partial charge in [0.05, 0.1) is 16.5 Å². The van der Waals surface area contributed by atoms with Crippen molar-refractivity contribution < 1.29 is 18.0 Å². The molecule has 1 aromatic carbocycles. The molecule has 0 aliphatic carbocycles. The first-order valence-electron chi connectivity index (χ1n) is 4.24. The fourth-order valence-electron chi connectivity index (χ4n) is 1.27. The van der Waals surface area contributed by atoms with Crippen molar-refractivity contribution >= 4 is 29.0 Å². The molecule has 6 heteroatoms. The fourth-order valence-corrected chi connectivity index (χ4v) is 1.69. The van der Waals surface area contributed by atoms with Crippen LogP contribution in [-0.2, 0) is 6.18 Å². The molecule has 0 bridgehead atoms. The highest BCUT2D eigenvalue weighted by Gasteiger charge is 2.33. The molecule has 0 aromatic heterocycles. The quantitative estimate of drug-likeness (QED) is 0.585. The summed E-state index contributed by atoms with van der Waals surface area (Å²) < 4.78 is 37.4. The zero-order valence-electron chi connectivity index (χ0n) is 8.16. The summed E-state index contributed by atoms with van der Waals surface area (Å²) in [5.74, 6) is -0.812. The number of benzene rings is 1. The second-order valence-corrected chi connectivity index (χ2v) is 3.88. The van der Waals surface area contributed by atoms with Gasteiger partial charge in [-0.05, 0) is 24.6 Å². The van der Waals surface area contributed by atoms with E-state index in [1.165, 1.54) is 6.92 Å². The molecule has 0 aliphatic heterocycles. The first-order chi connectivity index (χ1) is 7.27. The Morgan fingerprint density at radius 1 is 1.38 bits per heavy atom. The third-order valence-electron chi connectivity index (χ3n) is 2.04. The molecule has 0 N–H and O–H groups in total. The SMILES string of the molecule is Cc1cc(C(=O)CCl)c(Cl)cc1C(F)(F)F. The minimum Gasteiger partial charge on any atom is -0.293 e. The van der Waals surface area contributed by atoms with Crippen molar-refractivity contribution in [1.82, 2.24) is 0 Å². The van der Waals surface area contributed by atoms with Crippen molar-refractivity contribution in [2.24, 2.45) is 0 Å². The van der Waals surface area contributed by atoms with Gasteiger partial charge in [0.2, 0.25) is 0 Å². The van der Waals surface area contributed by atoms with Gasteiger partial charge in [0.15, 0.2) is 5.78 Å². The fraction of sp³-hybridized carbons (Fsp3) is 0.300. The molecule has 0 heterocycles. The first-order valence-corrected chi connectivity index (χ1v) is 5.15. The van der Waals surface area contributed by atoms with Crippen LogP contribution in [0.5, 0.6) is 0 Å². The predicted molar refractivity (Wildman–Crippen MR) is 56.2 cm³/mol. The number of halogens is 5. The Labute approximate surface area is 100 Å². The van der Waals surface area contributed by atoms with E-state index < -0.39 is 17.5 Å². The summed E-state index contributed by atoms with van der Waals surface area (Å²) in [5, 5.41) is -0.233. The van der Waals surface area contributed by atoms with Crippen LogP contribution in [0.25, 0.3) is 0 Å². The van der Waals surface area contributed by atoms with Crippen LogP contribution in [0.3, 0.4) is 0 Å². The van der Waals surface area contributed by atoms with E-state index in [2.05, 4.69) is 0 Å². The van der Waals surface area contributed by atoms with E-state index in [1.807, 2.05) is 0 Å². The Kier molecular flexibility index (Phi) is 3.86. The largest absolute Gasteiger partial charge is 0.416 e. The standard InChI is InChI=1S/C10H7Cl2F3O/c1-5-2-6(9(16)4-11)8(12)3-7(5)10(13,14)15/h2-3H,4H2,1H3. The lowest BCUT2D eigenvalue weighted by atomic mass is 10.0. The summed E-state index contributed by atoms with van der Waals surface area (Å²) in [6.07, 6.45) is -4.48. The van der Waals surface area contributed by atoms with Crippen molar-refractivity contribution in [2.75, 3.05) is 5.88 Å². The second-order valence-electron chi connectivity index (χ2n) is 3.20. The lowest BCUT2D eigenvalue weighted by Gasteiger charge is -2.12. The lowest BCUT2D eigenvalue weighted by molar-refractivity contribution is -0.138. The Bertz CT molecular complexity index is 427. The van der Waals surface area contributed by atoms with Gasteiger partial charge < -0.3 is 0 Å². The smallest absolute Gasteiger partial charge is 0.293 e. The number of carbonyl (C=O) groups is 1. The molecule has 1 rings (SSSR count). The number of hydrogen-bond acceptors (Lipinski definition) is 1. The van der Waals surface area contributed by atoms with Crippen molar-refractivity contribution in [3.05, 3.63) is 33.8 Å². The topological polar surface area (TPSA) is 17.1 Å². The van der Waals surface area contributed by atoms with Gasteiger partial charge in [0, 0.05) is 5.56 Å². The van der Waals surface area contributed by atoms with E-state index in [0.717, 1.165) is 12.1 Å². The van der Waals surface area contributed by atoms with Gasteiger partial charge in [-0.25, -0.2) is 0 Å². The van der Waals surface area contributed by atoms with Crippen molar-refractivity contribution in [2.45, 2.75) is 13.1 Å². The molecule has 88 valence electrons. The minimum absolute atomic E-state index is 0.0159. The molecule has 0 atom stereocenters. The van der Waals surface area contributed by atoms with Gasteiger partial charge in [-0.2, -0.15) is 13.2 Å². The summed E-state index contributed by atoms with van der Waals surface area (Å²) >= 11 is 10.9. The molecule has 0 saturated carbocycles. The third-order valence-corrected chi connectivity index (χ3v) is 2.60. The average Bonchev–Trinajstić information content (AvgIpc) is 2.18. The molecule has 0 aliphatic rings. The molecule has 16 heavy (non-hydrogen) atoms. The number of carbonyl (C=O) groups excluding carboxylic acids is 1. The number of ketones is 1. The average molecular weight is 271 g/mol. The van der Waals surface area contributed by atoms with Crippen LogP contribution in [0.4, 0.5) is 13.2 Å². The van der Waals surface area contributed by atoms with Crippen molar-refractivity contribution in [3.63, 3.8) is 0 Å². The summed E-state index contributed by atoms with van der Waals surface area (Å²) in [6.45, 7) is 1.27. The number of aryl methyl sites for hydroxylation is 1. The summed E-state index contributed by atoms with van der Waals surface area (Å²) in [5.41, 5.74) is -0.879. The van der Waals surface area contributed by atoms with Gasteiger partial charge >= 0.3 is 6.18 Å². The maximum absolute atomic E-state index is 12.5. The molecule has 1 aromatic rings. The van der Waals surface area contributed by atoms with Crippen molar-refractivity contribution in [1.29, 1.82) is 0 Å². The Morgan fingerprint density at radius 2 is 1.94 bits per heavy atom. The molecule has 0 unspecified atom stereocenters. The van der Waals surface area contributed by atoms with Crippen LogP contribution in [0.15, 0.2) is 12.1 Å². The summed E-state index contributed by atoms with van der Waals surface area (Å²) in [4.78, 5) is 11.2. The minimum atomic E-state index is -4.48. The molecule has 1 nitrogen and oxygen atoms in total. The van der Waals surface area contributed by atoms with Crippen molar-refractivity contribution in [3.8, 4) is 0 Å². The highest BCUT2D eigenvalue weighted by Crippen LogP contribution is 2.35. The lowest BCUT2D eigenvalue weighted by Crippen LogP contribution is -2.10. The Balaban J connectivity index is 3.33.